The lowest BCUT2D eigenvalue weighted by atomic mass is 9.72. The van der Waals surface area contributed by atoms with Crippen LogP contribution in [0.2, 0.25) is 0 Å². The van der Waals surface area contributed by atoms with Crippen molar-refractivity contribution >= 4 is 0 Å². The summed E-state index contributed by atoms with van der Waals surface area (Å²) in [7, 11) is 1.77. The maximum atomic E-state index is 9.92. The van der Waals surface area contributed by atoms with Gasteiger partial charge in [-0.15, -0.1) is 0 Å². The van der Waals surface area contributed by atoms with E-state index in [2.05, 4.69) is 72.2 Å². The fourth-order valence-corrected chi connectivity index (χ4v) is 6.72. The maximum absolute atomic E-state index is 9.92. The number of rotatable bonds is 9. The number of hydrogen-bond acceptors (Lipinski definition) is 4. The van der Waals surface area contributed by atoms with Crippen LogP contribution in [0, 0.1) is 17.8 Å². The molecule has 0 aromatic heterocycles. The van der Waals surface area contributed by atoms with Crippen molar-refractivity contribution in [3.8, 4) is 5.75 Å². The first kappa shape index (κ1) is 27.0. The number of methoxy groups -OCH3 is 1. The highest BCUT2D eigenvalue weighted by Crippen LogP contribution is 2.38. The number of aromatic hydroxyl groups is 1. The van der Waals surface area contributed by atoms with Crippen LogP contribution < -0.4 is 0 Å². The fraction of sp³-hybridized carbons (Fsp3) is 0.529. The van der Waals surface area contributed by atoms with Gasteiger partial charge in [-0.1, -0.05) is 50.3 Å². The third kappa shape index (κ3) is 6.52. The molecule has 1 heterocycles. The van der Waals surface area contributed by atoms with Gasteiger partial charge >= 0.3 is 0 Å². The van der Waals surface area contributed by atoms with Crippen LogP contribution in [0.3, 0.4) is 0 Å². The second kappa shape index (κ2) is 12.5. The highest BCUT2D eigenvalue weighted by Gasteiger charge is 2.34. The van der Waals surface area contributed by atoms with E-state index in [4.69, 9.17) is 4.74 Å². The Morgan fingerprint density at radius 1 is 1.00 bits per heavy atom. The number of benzene rings is 2. The van der Waals surface area contributed by atoms with Gasteiger partial charge in [0.2, 0.25) is 0 Å². The van der Waals surface area contributed by atoms with E-state index in [9.17, 15) is 5.11 Å². The highest BCUT2D eigenvalue weighted by atomic mass is 16.5. The maximum Gasteiger partial charge on any atom is 0.116 e. The molecule has 4 nitrogen and oxygen atoms in total. The minimum absolute atomic E-state index is 0.310. The predicted molar refractivity (Wildman–Crippen MR) is 156 cm³/mol. The van der Waals surface area contributed by atoms with Gasteiger partial charge in [0.15, 0.2) is 0 Å². The molecule has 3 aliphatic rings. The minimum atomic E-state index is 0.310. The predicted octanol–water partition coefficient (Wildman–Crippen LogP) is 6.38. The number of aryl methyl sites for hydroxylation is 1. The summed E-state index contributed by atoms with van der Waals surface area (Å²) in [6.07, 6.45) is 14.0. The number of hydrogen-bond donors (Lipinski definition) is 1. The summed E-state index contributed by atoms with van der Waals surface area (Å²) in [5.74, 6) is 3.27. The lowest BCUT2D eigenvalue weighted by Crippen LogP contribution is -2.43. The molecule has 0 saturated carbocycles. The quantitative estimate of drug-likeness (QED) is 0.421. The number of likely N-dealkylation sites (N-methyl/N-ethyl adjacent to an activating group) is 1. The SMILES string of the molecule is CCN(Cc1ccc(CCN2CCC(C)CC2)cc1)C1C=C(OC)C=CC1[C@@H]1CCc2cc(O)ccc2C1. The Kier molecular flexibility index (Phi) is 8.91. The van der Waals surface area contributed by atoms with Crippen molar-refractivity contribution in [2.24, 2.45) is 17.8 Å². The van der Waals surface area contributed by atoms with E-state index in [-0.39, 0.29) is 0 Å². The lowest BCUT2D eigenvalue weighted by Gasteiger charge is -2.41. The first-order chi connectivity index (χ1) is 18.5. The molecule has 0 spiro atoms. The van der Waals surface area contributed by atoms with E-state index >= 15 is 0 Å². The molecule has 1 saturated heterocycles. The molecule has 2 aromatic carbocycles. The first-order valence-electron chi connectivity index (χ1n) is 14.8. The molecule has 5 rings (SSSR count). The van der Waals surface area contributed by atoms with Crippen LogP contribution >= 0.6 is 0 Å². The van der Waals surface area contributed by atoms with Gasteiger partial charge in [-0.05, 0) is 122 Å². The molecule has 38 heavy (non-hydrogen) atoms. The van der Waals surface area contributed by atoms with Crippen molar-refractivity contribution in [1.82, 2.24) is 9.80 Å². The molecule has 3 atom stereocenters. The van der Waals surface area contributed by atoms with Gasteiger partial charge in [-0.2, -0.15) is 0 Å². The van der Waals surface area contributed by atoms with Gasteiger partial charge in [0.05, 0.1) is 7.11 Å². The summed E-state index contributed by atoms with van der Waals surface area (Å²) in [5, 5.41) is 9.92. The third-order valence-corrected chi connectivity index (χ3v) is 9.28. The highest BCUT2D eigenvalue weighted by molar-refractivity contribution is 5.37. The summed E-state index contributed by atoms with van der Waals surface area (Å²) in [5.41, 5.74) is 5.54. The van der Waals surface area contributed by atoms with Crippen molar-refractivity contribution in [2.45, 2.75) is 65.0 Å². The number of ether oxygens (including phenoxy) is 1. The first-order valence-corrected chi connectivity index (χ1v) is 14.8. The Bertz CT molecular complexity index is 1110. The molecule has 0 amide bonds. The molecule has 0 bridgehead atoms. The number of likely N-dealkylation sites (tertiary alicyclic amines) is 1. The lowest BCUT2D eigenvalue weighted by molar-refractivity contribution is 0.147. The molecule has 0 radical (unpaired) electrons. The molecule has 204 valence electrons. The van der Waals surface area contributed by atoms with Crippen LogP contribution in [0.15, 0.2) is 66.5 Å². The van der Waals surface area contributed by atoms with E-state index in [1.807, 2.05) is 12.1 Å². The molecule has 4 heteroatoms. The Hall–Kier alpha value is -2.56. The Labute approximate surface area is 230 Å². The number of phenols is 1. The van der Waals surface area contributed by atoms with Gasteiger partial charge in [0.1, 0.15) is 11.5 Å². The summed E-state index contributed by atoms with van der Waals surface area (Å²) in [6, 6.07) is 15.6. The van der Waals surface area contributed by atoms with Crippen LogP contribution in [0.5, 0.6) is 5.75 Å². The number of nitrogens with zero attached hydrogens (tertiary/aromatic N) is 2. The van der Waals surface area contributed by atoms with Crippen molar-refractivity contribution in [3.05, 3.63) is 88.7 Å². The number of piperidine rings is 1. The smallest absolute Gasteiger partial charge is 0.116 e. The van der Waals surface area contributed by atoms with Crippen LogP contribution in [-0.2, 0) is 30.5 Å². The van der Waals surface area contributed by atoms with E-state index < -0.39 is 0 Å². The Balaban J connectivity index is 1.24. The van der Waals surface area contributed by atoms with Crippen molar-refractivity contribution in [1.29, 1.82) is 0 Å². The normalized spacial score (nSPS) is 24.3. The second-order valence-electron chi connectivity index (χ2n) is 11.8. The Morgan fingerprint density at radius 3 is 2.50 bits per heavy atom. The zero-order chi connectivity index (χ0) is 26.5. The molecular weight excluding hydrogens is 468 g/mol. The monoisotopic (exact) mass is 514 g/mol. The molecule has 1 N–H and O–H groups in total. The van der Waals surface area contributed by atoms with Gasteiger partial charge in [-0.3, -0.25) is 4.90 Å². The minimum Gasteiger partial charge on any atom is -0.508 e. The summed E-state index contributed by atoms with van der Waals surface area (Å²) in [6.45, 7) is 10.3. The molecule has 1 fully saturated rings. The van der Waals surface area contributed by atoms with E-state index in [0.29, 0.717) is 23.6 Å². The van der Waals surface area contributed by atoms with Crippen LogP contribution in [0.1, 0.15) is 55.4 Å². The topological polar surface area (TPSA) is 35.9 Å². The fourth-order valence-electron chi connectivity index (χ4n) is 6.72. The van der Waals surface area contributed by atoms with E-state index in [0.717, 1.165) is 50.4 Å². The summed E-state index contributed by atoms with van der Waals surface area (Å²) in [4.78, 5) is 5.25. The summed E-state index contributed by atoms with van der Waals surface area (Å²) >= 11 is 0. The zero-order valence-corrected chi connectivity index (χ0v) is 23.6. The van der Waals surface area contributed by atoms with Crippen molar-refractivity contribution in [2.75, 3.05) is 33.3 Å². The number of phenolic OH excluding ortho intramolecular Hbond substituents is 1. The zero-order valence-electron chi connectivity index (χ0n) is 23.6. The van der Waals surface area contributed by atoms with E-state index in [1.54, 1.807) is 7.11 Å². The van der Waals surface area contributed by atoms with Gasteiger partial charge in [-0.25, -0.2) is 0 Å². The van der Waals surface area contributed by atoms with Gasteiger partial charge in [0, 0.05) is 19.1 Å². The molecular formula is C34H46N2O2. The van der Waals surface area contributed by atoms with Crippen molar-refractivity contribution < 1.29 is 9.84 Å². The van der Waals surface area contributed by atoms with Crippen LogP contribution in [-0.4, -0.2) is 54.2 Å². The molecule has 2 aromatic rings. The van der Waals surface area contributed by atoms with Gasteiger partial charge in [0.25, 0.3) is 0 Å². The van der Waals surface area contributed by atoms with Crippen LogP contribution in [0.25, 0.3) is 0 Å². The number of fused-ring (bicyclic) bond motifs is 1. The average Bonchev–Trinajstić information content (AvgIpc) is 2.95. The molecule has 1 aliphatic heterocycles. The average molecular weight is 515 g/mol. The summed E-state index contributed by atoms with van der Waals surface area (Å²) < 4.78 is 5.69. The second-order valence-corrected chi connectivity index (χ2v) is 11.8. The van der Waals surface area contributed by atoms with E-state index in [1.165, 1.54) is 54.7 Å². The Morgan fingerprint density at radius 2 is 1.76 bits per heavy atom. The number of allylic oxidation sites excluding steroid dienone is 1. The third-order valence-electron chi connectivity index (χ3n) is 9.28. The largest absolute Gasteiger partial charge is 0.508 e. The van der Waals surface area contributed by atoms with Gasteiger partial charge < -0.3 is 14.7 Å². The molecule has 2 unspecified atom stereocenters. The van der Waals surface area contributed by atoms with Crippen molar-refractivity contribution in [3.63, 3.8) is 0 Å². The standard InChI is InChI=1S/C34H46N2O2/c1-4-36(24-27-7-5-26(6-8-27)17-20-35-18-15-25(2)16-19-35)34-23-32(38-3)13-14-33(34)30-10-9-29-22-31(37)12-11-28(29)21-30/h5-8,11-14,22-23,25,30,33-34,37H,4,9-10,15-21,24H2,1-3H3/t30-,33?,34?/m1/s1. The molecule has 2 aliphatic carbocycles. The van der Waals surface area contributed by atoms with Crippen LogP contribution in [0.4, 0.5) is 0 Å².